The standard InChI is InChI=1S/C6H13NO2.C4H5NO2/c1-2-3-4-5(7)6(8)9;6-3-1-2-4(7)5-3/h5H,2-4,7H2,1H3,(H,8,9);1-2H2,(H,5,6,7). The van der Waals surface area contributed by atoms with E-state index in [0.717, 1.165) is 12.8 Å². The van der Waals surface area contributed by atoms with Crippen LogP contribution in [0.4, 0.5) is 0 Å². The SMILES string of the molecule is CCCCC(N)C(=O)O.O=C1CCC(=O)N1. The summed E-state index contributed by atoms with van der Waals surface area (Å²) in [6.45, 7) is 2.01. The lowest BCUT2D eigenvalue weighted by Crippen LogP contribution is -2.29. The van der Waals surface area contributed by atoms with E-state index < -0.39 is 12.0 Å². The molecule has 0 aromatic heterocycles. The number of imide groups is 1. The molecule has 16 heavy (non-hydrogen) atoms. The molecular formula is C10H18N2O4. The molecule has 6 heteroatoms. The van der Waals surface area contributed by atoms with Gasteiger partial charge < -0.3 is 10.8 Å². The zero-order chi connectivity index (χ0) is 12.6. The Balaban J connectivity index is 0.000000288. The van der Waals surface area contributed by atoms with Crippen LogP contribution in [0.15, 0.2) is 0 Å². The van der Waals surface area contributed by atoms with Crippen LogP contribution in [0, 0.1) is 0 Å². The van der Waals surface area contributed by atoms with Crippen LogP contribution in [0.3, 0.4) is 0 Å². The largest absolute Gasteiger partial charge is 0.480 e. The summed E-state index contributed by atoms with van der Waals surface area (Å²) in [5.74, 6) is -1.20. The minimum absolute atomic E-state index is 0.148. The summed E-state index contributed by atoms with van der Waals surface area (Å²) in [5.41, 5.74) is 5.20. The Bertz CT molecular complexity index is 252. The van der Waals surface area contributed by atoms with Gasteiger partial charge in [-0.1, -0.05) is 19.8 Å². The van der Waals surface area contributed by atoms with E-state index in [1.807, 2.05) is 6.92 Å². The Labute approximate surface area is 94.2 Å². The second-order valence-corrected chi connectivity index (χ2v) is 3.56. The molecule has 0 aromatic rings. The van der Waals surface area contributed by atoms with E-state index in [4.69, 9.17) is 10.8 Å². The molecule has 92 valence electrons. The molecule has 1 saturated heterocycles. The van der Waals surface area contributed by atoms with Crippen LogP contribution in [-0.2, 0) is 14.4 Å². The third-order valence-electron chi connectivity index (χ3n) is 2.04. The van der Waals surface area contributed by atoms with Crippen molar-refractivity contribution in [3.05, 3.63) is 0 Å². The lowest BCUT2D eigenvalue weighted by Gasteiger charge is -2.02. The van der Waals surface area contributed by atoms with Crippen molar-refractivity contribution in [3.63, 3.8) is 0 Å². The van der Waals surface area contributed by atoms with E-state index in [-0.39, 0.29) is 11.8 Å². The third-order valence-corrected chi connectivity index (χ3v) is 2.04. The van der Waals surface area contributed by atoms with Crippen molar-refractivity contribution < 1.29 is 19.5 Å². The summed E-state index contributed by atoms with van der Waals surface area (Å²) in [6.07, 6.45) is 3.23. The molecule has 0 spiro atoms. The number of nitrogens with two attached hydrogens (primary N) is 1. The molecule has 0 radical (unpaired) electrons. The van der Waals surface area contributed by atoms with E-state index in [1.165, 1.54) is 0 Å². The summed E-state index contributed by atoms with van der Waals surface area (Å²) in [6, 6.07) is -0.662. The van der Waals surface area contributed by atoms with E-state index in [9.17, 15) is 14.4 Å². The Kier molecular flexibility index (Phi) is 7.11. The fourth-order valence-electron chi connectivity index (χ4n) is 1.06. The molecular weight excluding hydrogens is 212 g/mol. The molecule has 1 aliphatic rings. The van der Waals surface area contributed by atoms with E-state index in [2.05, 4.69) is 5.32 Å². The lowest BCUT2D eigenvalue weighted by atomic mass is 10.1. The third kappa shape index (κ3) is 6.94. The highest BCUT2D eigenvalue weighted by molar-refractivity contribution is 6.01. The highest BCUT2D eigenvalue weighted by atomic mass is 16.4. The maximum absolute atomic E-state index is 10.1. The molecule has 0 saturated carbocycles. The molecule has 1 aliphatic heterocycles. The van der Waals surface area contributed by atoms with Crippen molar-refractivity contribution in [3.8, 4) is 0 Å². The van der Waals surface area contributed by atoms with Gasteiger partial charge in [0.2, 0.25) is 11.8 Å². The number of carboxylic acid groups (broad SMARTS) is 1. The maximum atomic E-state index is 10.1. The highest BCUT2D eigenvalue weighted by Crippen LogP contribution is 1.97. The van der Waals surface area contributed by atoms with Gasteiger partial charge in [0.05, 0.1) is 0 Å². The van der Waals surface area contributed by atoms with Gasteiger partial charge in [0, 0.05) is 12.8 Å². The molecule has 0 bridgehead atoms. The zero-order valence-corrected chi connectivity index (χ0v) is 9.36. The maximum Gasteiger partial charge on any atom is 0.320 e. The lowest BCUT2D eigenvalue weighted by molar-refractivity contribution is -0.138. The zero-order valence-electron chi connectivity index (χ0n) is 9.36. The molecule has 1 unspecified atom stereocenters. The average molecular weight is 230 g/mol. The normalized spacial score (nSPS) is 16.1. The van der Waals surface area contributed by atoms with Crippen LogP contribution >= 0.6 is 0 Å². The minimum atomic E-state index is -0.900. The topological polar surface area (TPSA) is 109 Å². The first-order chi connectivity index (χ1) is 7.47. The predicted molar refractivity (Wildman–Crippen MR) is 57.5 cm³/mol. The summed E-state index contributed by atoms with van der Waals surface area (Å²) in [5, 5.41) is 10.4. The van der Waals surface area contributed by atoms with Gasteiger partial charge in [0.15, 0.2) is 0 Å². The minimum Gasteiger partial charge on any atom is -0.480 e. The van der Waals surface area contributed by atoms with Gasteiger partial charge in [-0.3, -0.25) is 19.7 Å². The van der Waals surface area contributed by atoms with E-state index >= 15 is 0 Å². The molecule has 6 nitrogen and oxygen atoms in total. The van der Waals surface area contributed by atoms with Gasteiger partial charge in [-0.15, -0.1) is 0 Å². The first-order valence-electron chi connectivity index (χ1n) is 5.28. The van der Waals surface area contributed by atoms with Crippen molar-refractivity contribution in [2.45, 2.75) is 45.1 Å². The highest BCUT2D eigenvalue weighted by Gasteiger charge is 2.15. The first-order valence-corrected chi connectivity index (χ1v) is 5.28. The second-order valence-electron chi connectivity index (χ2n) is 3.56. The fourth-order valence-corrected chi connectivity index (χ4v) is 1.06. The quantitative estimate of drug-likeness (QED) is 0.589. The van der Waals surface area contributed by atoms with Gasteiger partial charge >= 0.3 is 5.97 Å². The van der Waals surface area contributed by atoms with Crippen LogP contribution in [0.1, 0.15) is 39.0 Å². The molecule has 1 heterocycles. The van der Waals surface area contributed by atoms with Crippen molar-refractivity contribution in [2.75, 3.05) is 0 Å². The molecule has 0 aromatic carbocycles. The van der Waals surface area contributed by atoms with Gasteiger partial charge in [-0.05, 0) is 6.42 Å². The van der Waals surface area contributed by atoms with E-state index in [0.29, 0.717) is 19.3 Å². The van der Waals surface area contributed by atoms with Crippen molar-refractivity contribution in [1.82, 2.24) is 5.32 Å². The number of amides is 2. The number of nitrogens with one attached hydrogen (secondary N) is 1. The van der Waals surface area contributed by atoms with Crippen LogP contribution in [0.25, 0.3) is 0 Å². The molecule has 1 atom stereocenters. The van der Waals surface area contributed by atoms with Gasteiger partial charge in [-0.25, -0.2) is 0 Å². The monoisotopic (exact) mass is 230 g/mol. The smallest absolute Gasteiger partial charge is 0.320 e. The van der Waals surface area contributed by atoms with Crippen molar-refractivity contribution in [2.24, 2.45) is 5.73 Å². The van der Waals surface area contributed by atoms with Gasteiger partial charge in [-0.2, -0.15) is 0 Å². The van der Waals surface area contributed by atoms with Crippen LogP contribution in [0.2, 0.25) is 0 Å². The number of carbonyl (C=O) groups is 3. The van der Waals surface area contributed by atoms with Crippen LogP contribution in [-0.4, -0.2) is 28.9 Å². The number of carboxylic acids is 1. The van der Waals surface area contributed by atoms with Crippen LogP contribution in [0.5, 0.6) is 0 Å². The average Bonchev–Trinajstić information content (AvgIpc) is 2.59. The molecule has 0 aliphatic carbocycles. The van der Waals surface area contributed by atoms with Crippen molar-refractivity contribution >= 4 is 17.8 Å². The van der Waals surface area contributed by atoms with Gasteiger partial charge in [0.25, 0.3) is 0 Å². The summed E-state index contributed by atoms with van der Waals surface area (Å²) < 4.78 is 0. The predicted octanol–water partition coefficient (Wildman–Crippen LogP) is 0.0115. The fraction of sp³-hybridized carbons (Fsp3) is 0.700. The van der Waals surface area contributed by atoms with Crippen LogP contribution < -0.4 is 11.1 Å². The number of rotatable bonds is 4. The summed E-state index contributed by atoms with van der Waals surface area (Å²) in [4.78, 5) is 30.3. The van der Waals surface area contributed by atoms with Gasteiger partial charge in [0.1, 0.15) is 6.04 Å². The van der Waals surface area contributed by atoms with Crippen molar-refractivity contribution in [1.29, 1.82) is 0 Å². The number of hydrogen-bond donors (Lipinski definition) is 3. The molecule has 1 fully saturated rings. The Morgan fingerprint density at radius 3 is 2.19 bits per heavy atom. The molecule has 4 N–H and O–H groups in total. The number of carbonyl (C=O) groups excluding carboxylic acids is 2. The number of aliphatic carboxylic acids is 1. The first kappa shape index (κ1) is 14.6. The summed E-state index contributed by atoms with van der Waals surface area (Å²) >= 11 is 0. The summed E-state index contributed by atoms with van der Waals surface area (Å²) in [7, 11) is 0. The second kappa shape index (κ2) is 7.81. The Morgan fingerprint density at radius 2 is 1.94 bits per heavy atom. The Morgan fingerprint density at radius 1 is 1.44 bits per heavy atom. The molecule has 1 rings (SSSR count). The Hall–Kier alpha value is -1.43. The van der Waals surface area contributed by atoms with E-state index in [1.54, 1.807) is 0 Å². The number of unbranched alkanes of at least 4 members (excludes halogenated alkanes) is 1. The molecule has 2 amide bonds. The number of hydrogen-bond acceptors (Lipinski definition) is 4.